The SMILES string of the molecule is CCCCCNC(=O)Nc1ccc(N2CCN(C)CC2)cc1. The zero-order valence-electron chi connectivity index (χ0n) is 13.8. The zero-order valence-corrected chi connectivity index (χ0v) is 13.8. The molecule has 1 aromatic rings. The Bertz CT molecular complexity index is 452. The van der Waals surface area contributed by atoms with E-state index in [4.69, 9.17) is 0 Å². The second-order valence-electron chi connectivity index (χ2n) is 5.93. The number of piperazine rings is 1. The van der Waals surface area contributed by atoms with Crippen LogP contribution in [0.1, 0.15) is 26.2 Å². The molecule has 0 atom stereocenters. The van der Waals surface area contributed by atoms with E-state index in [9.17, 15) is 4.79 Å². The lowest BCUT2D eigenvalue weighted by Crippen LogP contribution is -2.44. The molecule has 122 valence electrons. The van der Waals surface area contributed by atoms with Crippen LogP contribution >= 0.6 is 0 Å². The summed E-state index contributed by atoms with van der Waals surface area (Å²) in [6.45, 7) is 7.20. The molecule has 5 nitrogen and oxygen atoms in total. The molecule has 0 radical (unpaired) electrons. The Labute approximate surface area is 133 Å². The van der Waals surface area contributed by atoms with E-state index >= 15 is 0 Å². The van der Waals surface area contributed by atoms with Crippen LogP contribution in [0, 0.1) is 0 Å². The smallest absolute Gasteiger partial charge is 0.319 e. The van der Waals surface area contributed by atoms with Gasteiger partial charge in [-0.05, 0) is 37.7 Å². The van der Waals surface area contributed by atoms with Gasteiger partial charge in [-0.2, -0.15) is 0 Å². The lowest BCUT2D eigenvalue weighted by Gasteiger charge is -2.34. The number of likely N-dealkylation sites (N-methyl/N-ethyl adjacent to an activating group) is 1. The second-order valence-corrected chi connectivity index (χ2v) is 5.93. The van der Waals surface area contributed by atoms with Crippen LogP contribution in [0.15, 0.2) is 24.3 Å². The minimum absolute atomic E-state index is 0.122. The van der Waals surface area contributed by atoms with Gasteiger partial charge in [0, 0.05) is 44.1 Å². The highest BCUT2D eigenvalue weighted by Gasteiger charge is 2.14. The van der Waals surface area contributed by atoms with Crippen LogP contribution in [-0.2, 0) is 0 Å². The number of carbonyl (C=O) groups is 1. The van der Waals surface area contributed by atoms with Gasteiger partial charge in [-0.25, -0.2) is 4.79 Å². The maximum Gasteiger partial charge on any atom is 0.319 e. The molecule has 0 bridgehead atoms. The predicted octanol–water partition coefficient (Wildman–Crippen LogP) is 2.75. The highest BCUT2D eigenvalue weighted by atomic mass is 16.2. The van der Waals surface area contributed by atoms with E-state index in [0.29, 0.717) is 0 Å². The number of amides is 2. The molecular formula is C17H28N4O. The standard InChI is InChI=1S/C17H28N4O/c1-3-4-5-10-18-17(22)19-15-6-8-16(9-7-15)21-13-11-20(2)12-14-21/h6-9H,3-5,10-14H2,1-2H3,(H2,18,19,22). The molecule has 0 spiro atoms. The van der Waals surface area contributed by atoms with Crippen molar-refractivity contribution in [1.82, 2.24) is 10.2 Å². The fourth-order valence-electron chi connectivity index (χ4n) is 2.57. The fourth-order valence-corrected chi connectivity index (χ4v) is 2.57. The van der Waals surface area contributed by atoms with Crippen LogP contribution in [0.4, 0.5) is 16.2 Å². The molecule has 22 heavy (non-hydrogen) atoms. The summed E-state index contributed by atoms with van der Waals surface area (Å²) in [6.07, 6.45) is 3.35. The molecule has 5 heteroatoms. The molecule has 2 amide bonds. The van der Waals surface area contributed by atoms with Crippen LogP contribution in [0.25, 0.3) is 0 Å². The van der Waals surface area contributed by atoms with Gasteiger partial charge in [0.05, 0.1) is 0 Å². The van der Waals surface area contributed by atoms with Crippen molar-refractivity contribution < 1.29 is 4.79 Å². The van der Waals surface area contributed by atoms with Crippen molar-refractivity contribution in [2.24, 2.45) is 0 Å². The van der Waals surface area contributed by atoms with E-state index in [1.807, 2.05) is 12.1 Å². The fraction of sp³-hybridized carbons (Fsp3) is 0.588. The highest BCUT2D eigenvalue weighted by Crippen LogP contribution is 2.19. The van der Waals surface area contributed by atoms with Crippen molar-refractivity contribution in [2.45, 2.75) is 26.2 Å². The lowest BCUT2D eigenvalue weighted by molar-refractivity contribution is 0.252. The van der Waals surface area contributed by atoms with E-state index in [1.165, 1.54) is 5.69 Å². The Morgan fingerprint density at radius 1 is 1.09 bits per heavy atom. The first kappa shape index (κ1) is 16.6. The molecule has 1 aliphatic heterocycles. The third-order valence-electron chi connectivity index (χ3n) is 4.06. The number of unbranched alkanes of at least 4 members (excludes halogenated alkanes) is 2. The molecule has 0 unspecified atom stereocenters. The van der Waals surface area contributed by atoms with Gasteiger partial charge >= 0.3 is 6.03 Å². The zero-order chi connectivity index (χ0) is 15.8. The van der Waals surface area contributed by atoms with Gasteiger partial charge in [-0.15, -0.1) is 0 Å². The summed E-state index contributed by atoms with van der Waals surface area (Å²) < 4.78 is 0. The number of rotatable bonds is 6. The number of nitrogens with zero attached hydrogens (tertiary/aromatic N) is 2. The summed E-state index contributed by atoms with van der Waals surface area (Å²) in [7, 11) is 2.16. The van der Waals surface area contributed by atoms with Gasteiger partial charge in [0.25, 0.3) is 0 Å². The first-order valence-corrected chi connectivity index (χ1v) is 8.27. The third-order valence-corrected chi connectivity index (χ3v) is 4.06. The van der Waals surface area contributed by atoms with Crippen molar-refractivity contribution >= 4 is 17.4 Å². The maximum absolute atomic E-state index is 11.8. The van der Waals surface area contributed by atoms with E-state index in [-0.39, 0.29) is 6.03 Å². The number of anilines is 2. The van der Waals surface area contributed by atoms with Crippen molar-refractivity contribution in [3.05, 3.63) is 24.3 Å². The summed E-state index contributed by atoms with van der Waals surface area (Å²) in [5, 5.41) is 5.76. The molecule has 0 aromatic heterocycles. The molecule has 0 saturated carbocycles. The Morgan fingerprint density at radius 2 is 1.77 bits per heavy atom. The average Bonchev–Trinajstić information content (AvgIpc) is 2.53. The Morgan fingerprint density at radius 3 is 2.41 bits per heavy atom. The second kappa shape index (κ2) is 8.63. The first-order valence-electron chi connectivity index (χ1n) is 8.27. The molecule has 2 N–H and O–H groups in total. The molecule has 1 saturated heterocycles. The molecule has 0 aliphatic carbocycles. The van der Waals surface area contributed by atoms with E-state index in [2.05, 4.69) is 46.5 Å². The van der Waals surface area contributed by atoms with Crippen LogP contribution in [-0.4, -0.2) is 50.7 Å². The van der Waals surface area contributed by atoms with E-state index in [1.54, 1.807) is 0 Å². The van der Waals surface area contributed by atoms with Crippen LogP contribution in [0.2, 0.25) is 0 Å². The number of carbonyl (C=O) groups excluding carboxylic acids is 1. The summed E-state index contributed by atoms with van der Waals surface area (Å²) in [6, 6.07) is 7.98. The van der Waals surface area contributed by atoms with Crippen LogP contribution in [0.3, 0.4) is 0 Å². The van der Waals surface area contributed by atoms with Gasteiger partial charge in [-0.3, -0.25) is 0 Å². The lowest BCUT2D eigenvalue weighted by atomic mass is 10.2. The van der Waals surface area contributed by atoms with Crippen molar-refractivity contribution in [1.29, 1.82) is 0 Å². The van der Waals surface area contributed by atoms with Gasteiger partial charge in [-0.1, -0.05) is 19.8 Å². The number of nitrogens with one attached hydrogen (secondary N) is 2. The number of hydrogen-bond acceptors (Lipinski definition) is 3. The van der Waals surface area contributed by atoms with Gasteiger partial charge in [0.1, 0.15) is 0 Å². The van der Waals surface area contributed by atoms with Gasteiger partial charge < -0.3 is 20.4 Å². The Balaban J connectivity index is 1.78. The molecular weight excluding hydrogens is 276 g/mol. The number of benzene rings is 1. The molecule has 2 rings (SSSR count). The molecule has 1 aromatic carbocycles. The highest BCUT2D eigenvalue weighted by molar-refractivity contribution is 5.89. The monoisotopic (exact) mass is 304 g/mol. The predicted molar refractivity (Wildman–Crippen MR) is 92.7 cm³/mol. The summed E-state index contributed by atoms with van der Waals surface area (Å²) in [4.78, 5) is 16.5. The number of hydrogen-bond donors (Lipinski definition) is 2. The summed E-state index contributed by atoms with van der Waals surface area (Å²) >= 11 is 0. The first-order chi connectivity index (χ1) is 10.7. The van der Waals surface area contributed by atoms with Gasteiger partial charge in [0.2, 0.25) is 0 Å². The normalized spacial score (nSPS) is 15.6. The summed E-state index contributed by atoms with van der Waals surface area (Å²) in [5.41, 5.74) is 2.06. The topological polar surface area (TPSA) is 47.6 Å². The van der Waals surface area contributed by atoms with Crippen molar-refractivity contribution in [2.75, 3.05) is 50.0 Å². The average molecular weight is 304 g/mol. The largest absolute Gasteiger partial charge is 0.369 e. The van der Waals surface area contributed by atoms with Gasteiger partial charge in [0.15, 0.2) is 0 Å². The Hall–Kier alpha value is -1.75. The van der Waals surface area contributed by atoms with Crippen molar-refractivity contribution in [3.63, 3.8) is 0 Å². The van der Waals surface area contributed by atoms with Crippen molar-refractivity contribution in [3.8, 4) is 0 Å². The molecule has 1 heterocycles. The minimum Gasteiger partial charge on any atom is -0.369 e. The van der Waals surface area contributed by atoms with Crippen LogP contribution < -0.4 is 15.5 Å². The van der Waals surface area contributed by atoms with E-state index < -0.39 is 0 Å². The molecule has 1 aliphatic rings. The summed E-state index contributed by atoms with van der Waals surface area (Å²) in [5.74, 6) is 0. The maximum atomic E-state index is 11.8. The van der Waals surface area contributed by atoms with E-state index in [0.717, 1.165) is 57.7 Å². The third kappa shape index (κ3) is 5.22. The molecule has 1 fully saturated rings. The number of urea groups is 1. The quantitative estimate of drug-likeness (QED) is 0.795. The van der Waals surface area contributed by atoms with Crippen LogP contribution in [0.5, 0.6) is 0 Å². The Kier molecular flexibility index (Phi) is 6.52. The minimum atomic E-state index is -0.122.